The van der Waals surface area contributed by atoms with Gasteiger partial charge >= 0.3 is 0 Å². The highest BCUT2D eigenvalue weighted by Crippen LogP contribution is 2.60. The van der Waals surface area contributed by atoms with E-state index < -0.39 is 20.0 Å². The van der Waals surface area contributed by atoms with Crippen LogP contribution in [0.15, 0.2) is 72.8 Å². The number of methoxy groups -OCH3 is 1. The lowest BCUT2D eigenvalue weighted by Gasteiger charge is -2.32. The lowest BCUT2D eigenvalue weighted by molar-refractivity contribution is -0.145. The van der Waals surface area contributed by atoms with Crippen LogP contribution in [-0.2, 0) is 15.1 Å². The van der Waals surface area contributed by atoms with Crippen molar-refractivity contribution in [2.75, 3.05) is 23.9 Å². The Hall–Kier alpha value is -3.50. The third-order valence-corrected chi connectivity index (χ3v) is 10.4. The highest BCUT2D eigenvalue weighted by atomic mass is 28.4. The Labute approximate surface area is 229 Å². The van der Waals surface area contributed by atoms with Crippen molar-refractivity contribution in [3.05, 3.63) is 83.9 Å². The molecule has 2 heterocycles. The predicted molar refractivity (Wildman–Crippen MR) is 152 cm³/mol. The van der Waals surface area contributed by atoms with Gasteiger partial charge in [-0.1, -0.05) is 25.1 Å². The summed E-state index contributed by atoms with van der Waals surface area (Å²) in [4.78, 5) is 40.4. The summed E-state index contributed by atoms with van der Waals surface area (Å²) in [6.45, 7) is 5.53. The second-order valence-electron chi connectivity index (χ2n) is 10.8. The first kappa shape index (κ1) is 27.1. The summed E-state index contributed by atoms with van der Waals surface area (Å²) >= 11 is 0. The van der Waals surface area contributed by atoms with Crippen LogP contribution in [0.5, 0.6) is 5.75 Å². The minimum absolute atomic E-state index is 0.115. The van der Waals surface area contributed by atoms with Crippen molar-refractivity contribution in [3.63, 3.8) is 0 Å². The number of hydrogen-bond donors (Lipinski definition) is 3. The van der Waals surface area contributed by atoms with Crippen LogP contribution in [0, 0.1) is 5.92 Å². The Morgan fingerprint density at radius 1 is 1.10 bits per heavy atom. The smallest absolute Gasteiger partial charge is 0.268 e. The van der Waals surface area contributed by atoms with E-state index in [1.807, 2.05) is 56.4 Å². The number of benzene rings is 3. The third kappa shape index (κ3) is 4.55. The van der Waals surface area contributed by atoms with E-state index in [1.54, 1.807) is 48.4 Å². The second-order valence-corrected chi connectivity index (χ2v) is 14.7. The fourth-order valence-corrected chi connectivity index (χ4v) is 8.86. The molecule has 0 unspecified atom stereocenters. The van der Waals surface area contributed by atoms with E-state index in [2.05, 4.69) is 5.32 Å². The largest absolute Gasteiger partial charge is 0.497 e. The average molecular weight is 547 g/mol. The van der Waals surface area contributed by atoms with Gasteiger partial charge in [0.15, 0.2) is 13.9 Å². The summed E-state index contributed by atoms with van der Waals surface area (Å²) in [6, 6.07) is 21.6. The van der Waals surface area contributed by atoms with E-state index in [-0.39, 0.29) is 29.9 Å². The van der Waals surface area contributed by atoms with Gasteiger partial charge in [0, 0.05) is 40.6 Å². The summed E-state index contributed by atoms with van der Waals surface area (Å²) in [6.07, 6.45) is -0.169. The van der Waals surface area contributed by atoms with Gasteiger partial charge in [0.25, 0.3) is 11.8 Å². The summed E-state index contributed by atoms with van der Waals surface area (Å²) in [5, 5.41) is 12.8. The van der Waals surface area contributed by atoms with Gasteiger partial charge in [-0.15, -0.1) is 0 Å². The SMILES string of the molecule is COc1ccc(C(=O)Nc2ccc3c(c2)[C@]2(O[C@@H](CCO)[C@H]([Si](C)(C)O)[C@H]2C)C(=O)N3c2ccccc2)cc1. The van der Waals surface area contributed by atoms with Gasteiger partial charge in [-0.3, -0.25) is 14.5 Å². The second kappa shape index (κ2) is 10.2. The van der Waals surface area contributed by atoms with Crippen LogP contribution in [0.4, 0.5) is 17.1 Å². The van der Waals surface area contributed by atoms with Crippen molar-refractivity contribution in [1.82, 2.24) is 0 Å². The van der Waals surface area contributed by atoms with Gasteiger partial charge in [0.05, 0.1) is 18.9 Å². The average Bonchev–Trinajstić information content (AvgIpc) is 3.35. The van der Waals surface area contributed by atoms with Crippen LogP contribution < -0.4 is 15.0 Å². The monoisotopic (exact) mass is 546 g/mol. The molecule has 0 bridgehead atoms. The van der Waals surface area contributed by atoms with Gasteiger partial charge in [-0.25, -0.2) is 0 Å². The lowest BCUT2D eigenvalue weighted by Crippen LogP contribution is -2.45. The maximum absolute atomic E-state index is 14.4. The fourth-order valence-electron chi connectivity index (χ4n) is 6.26. The van der Waals surface area contributed by atoms with Crippen LogP contribution in [0.3, 0.4) is 0 Å². The molecule has 3 aromatic rings. The zero-order valence-electron chi connectivity index (χ0n) is 22.5. The van der Waals surface area contributed by atoms with Gasteiger partial charge in [0.1, 0.15) is 5.75 Å². The van der Waals surface area contributed by atoms with E-state index in [4.69, 9.17) is 9.47 Å². The zero-order chi connectivity index (χ0) is 27.9. The number of hydrogen-bond acceptors (Lipinski definition) is 6. The Balaban J connectivity index is 1.60. The van der Waals surface area contributed by atoms with Crippen molar-refractivity contribution in [1.29, 1.82) is 0 Å². The molecule has 9 heteroatoms. The number of aliphatic hydroxyl groups excluding tert-OH is 1. The first-order chi connectivity index (χ1) is 18.6. The van der Waals surface area contributed by atoms with E-state index in [9.17, 15) is 19.5 Å². The number of fused-ring (bicyclic) bond motifs is 2. The van der Waals surface area contributed by atoms with E-state index in [0.29, 0.717) is 40.4 Å². The van der Waals surface area contributed by atoms with E-state index in [1.165, 1.54) is 0 Å². The number of para-hydroxylation sites is 1. The fraction of sp³-hybridized carbons (Fsp3) is 0.333. The van der Waals surface area contributed by atoms with Crippen molar-refractivity contribution in [3.8, 4) is 5.75 Å². The first-order valence-electron chi connectivity index (χ1n) is 13.1. The molecular formula is C30H34N2O6Si. The minimum Gasteiger partial charge on any atom is -0.497 e. The predicted octanol–water partition coefficient (Wildman–Crippen LogP) is 4.81. The van der Waals surface area contributed by atoms with Crippen LogP contribution >= 0.6 is 0 Å². The molecule has 0 radical (unpaired) electrons. The van der Waals surface area contributed by atoms with Crippen LogP contribution in [-0.4, -0.2) is 49.9 Å². The van der Waals surface area contributed by atoms with Gasteiger partial charge < -0.3 is 24.7 Å². The maximum Gasteiger partial charge on any atom is 0.268 e. The van der Waals surface area contributed by atoms with Crippen molar-refractivity contribution >= 4 is 37.2 Å². The minimum atomic E-state index is -2.81. The molecule has 0 aliphatic carbocycles. The number of amides is 2. The molecule has 2 amide bonds. The Kier molecular flexibility index (Phi) is 7.11. The summed E-state index contributed by atoms with van der Waals surface area (Å²) < 4.78 is 11.8. The van der Waals surface area contributed by atoms with Crippen molar-refractivity contribution < 1.29 is 29.0 Å². The number of nitrogens with zero attached hydrogens (tertiary/aromatic N) is 1. The molecule has 2 aliphatic rings. The molecule has 4 atom stereocenters. The molecule has 0 saturated carbocycles. The van der Waals surface area contributed by atoms with Crippen molar-refractivity contribution in [2.45, 2.75) is 43.7 Å². The molecule has 1 saturated heterocycles. The Morgan fingerprint density at radius 2 is 1.79 bits per heavy atom. The molecule has 3 aromatic carbocycles. The van der Waals surface area contributed by atoms with Crippen molar-refractivity contribution in [2.24, 2.45) is 5.92 Å². The first-order valence-corrected chi connectivity index (χ1v) is 16.1. The molecule has 1 spiro atoms. The van der Waals surface area contributed by atoms with Gasteiger partial charge in [-0.05, 0) is 74.1 Å². The molecule has 8 nitrogen and oxygen atoms in total. The molecule has 1 fully saturated rings. The van der Waals surface area contributed by atoms with Crippen LogP contribution in [0.1, 0.15) is 29.3 Å². The normalized spacial score (nSPS) is 24.2. The zero-order valence-corrected chi connectivity index (χ0v) is 23.5. The Morgan fingerprint density at radius 3 is 2.41 bits per heavy atom. The third-order valence-electron chi connectivity index (χ3n) is 7.93. The molecule has 3 N–H and O–H groups in total. The number of ether oxygens (including phenoxy) is 2. The standard InChI is InChI=1S/C30H34N2O6Si/c1-19-27(39(3,4)36)26(16-17-33)38-30(19)24-18-21(31-28(34)20-10-13-23(37-2)14-11-20)12-15-25(24)32(29(30)35)22-8-6-5-7-9-22/h5-15,18-19,26-27,33,36H,16-17H2,1-4H3,(H,31,34)/t19-,26+,27-,30+/m1/s1. The molecule has 2 aliphatic heterocycles. The summed E-state index contributed by atoms with van der Waals surface area (Å²) in [7, 11) is -1.24. The maximum atomic E-state index is 14.4. The highest BCUT2D eigenvalue weighted by Gasteiger charge is 2.66. The molecular weight excluding hydrogens is 512 g/mol. The molecule has 204 valence electrons. The van der Waals surface area contributed by atoms with Crippen LogP contribution in [0.2, 0.25) is 18.6 Å². The molecule has 0 aromatic heterocycles. The number of aliphatic hydroxyl groups is 1. The van der Waals surface area contributed by atoms with Gasteiger partial charge in [0.2, 0.25) is 0 Å². The topological polar surface area (TPSA) is 108 Å². The van der Waals surface area contributed by atoms with E-state index in [0.717, 1.165) is 0 Å². The number of anilines is 3. The molecule has 5 rings (SSSR count). The number of nitrogens with one attached hydrogen (secondary N) is 1. The highest BCUT2D eigenvalue weighted by molar-refractivity contribution is 6.71. The molecule has 39 heavy (non-hydrogen) atoms. The summed E-state index contributed by atoms with van der Waals surface area (Å²) in [5.41, 5.74) is 1.35. The number of carbonyl (C=O) groups excluding carboxylic acids is 2. The van der Waals surface area contributed by atoms with Crippen LogP contribution in [0.25, 0.3) is 0 Å². The summed E-state index contributed by atoms with van der Waals surface area (Å²) in [5.74, 6) is -0.247. The number of carbonyl (C=O) groups is 2. The lowest BCUT2D eigenvalue weighted by atomic mass is 9.82. The Bertz CT molecular complexity index is 1370. The number of rotatable bonds is 7. The van der Waals surface area contributed by atoms with Gasteiger partial charge in [-0.2, -0.15) is 0 Å². The van der Waals surface area contributed by atoms with E-state index >= 15 is 0 Å². The quantitative estimate of drug-likeness (QED) is 0.367.